The summed E-state index contributed by atoms with van der Waals surface area (Å²) < 4.78 is 10.3. The van der Waals surface area contributed by atoms with Crippen molar-refractivity contribution in [2.75, 3.05) is 5.32 Å². The number of nitrogens with one attached hydrogen (secondary N) is 1. The number of fused-ring (bicyclic) bond motifs is 1. The quantitative estimate of drug-likeness (QED) is 0.279. The van der Waals surface area contributed by atoms with Gasteiger partial charge in [-0.05, 0) is 78.0 Å². The molecule has 1 saturated carbocycles. The van der Waals surface area contributed by atoms with Crippen LogP contribution in [0.4, 0.5) is 10.5 Å². The average Bonchev–Trinajstić information content (AvgIpc) is 3.53. The number of hydrogen-bond donors (Lipinski definition) is 1. The van der Waals surface area contributed by atoms with Gasteiger partial charge in [-0.15, -0.1) is 12.1 Å². The standard InChI is InChI=1S/C31H29N2O2S.Na/c1-19-29(32-31(34)35-20(2)21-7-4-3-5-8-21)30(36-33-19)28-18-17-25(26-9-6-10-27(26)28)24-15-13-23(14-16-24)22-11-12-22;/h3-5,7-8,13-18,20H,6,9-12H2,1-2H3,(H,32,34);/q-1;+1/t20-;/m1./s1. The van der Waals surface area contributed by atoms with Gasteiger partial charge in [0.25, 0.3) is 0 Å². The topological polar surface area (TPSA) is 51.2 Å². The zero-order chi connectivity index (χ0) is 24.6. The minimum Gasteiger partial charge on any atom is -0.441 e. The van der Waals surface area contributed by atoms with Gasteiger partial charge >= 0.3 is 35.7 Å². The second-order valence-electron chi connectivity index (χ2n) is 9.71. The Balaban J connectivity index is 0.00000280. The Labute approximate surface area is 244 Å². The normalized spacial score (nSPS) is 14.5. The van der Waals surface area contributed by atoms with Crippen molar-refractivity contribution >= 4 is 23.3 Å². The number of rotatable bonds is 6. The molecule has 0 aliphatic heterocycles. The third-order valence-corrected chi connectivity index (χ3v) is 8.25. The maximum atomic E-state index is 12.8. The van der Waals surface area contributed by atoms with E-state index in [1.54, 1.807) is 5.92 Å². The van der Waals surface area contributed by atoms with Crippen molar-refractivity contribution < 1.29 is 39.1 Å². The van der Waals surface area contributed by atoms with E-state index in [1.807, 2.05) is 44.2 Å². The van der Waals surface area contributed by atoms with E-state index in [9.17, 15) is 4.79 Å². The van der Waals surface area contributed by atoms with E-state index in [0.29, 0.717) is 0 Å². The number of anilines is 1. The number of benzene rings is 3. The fraction of sp³-hybridized carbons (Fsp3) is 0.258. The van der Waals surface area contributed by atoms with Gasteiger partial charge in [0.05, 0.1) is 16.3 Å². The first kappa shape index (κ1) is 26.1. The number of nitrogens with zero attached hydrogens (tertiary/aromatic N) is 1. The molecule has 1 aromatic heterocycles. The monoisotopic (exact) mass is 516 g/mol. The molecule has 4 nitrogen and oxygen atoms in total. The van der Waals surface area contributed by atoms with Gasteiger partial charge in [0.15, 0.2) is 0 Å². The molecule has 6 heteroatoms. The predicted molar refractivity (Wildman–Crippen MR) is 146 cm³/mol. The Morgan fingerprint density at radius 2 is 1.65 bits per heavy atom. The van der Waals surface area contributed by atoms with Crippen LogP contribution in [-0.2, 0) is 17.6 Å². The predicted octanol–water partition coefficient (Wildman–Crippen LogP) is 5.30. The number of amides is 1. The smallest absolute Gasteiger partial charge is 0.441 e. The molecular weight excluding hydrogens is 487 g/mol. The van der Waals surface area contributed by atoms with Crippen LogP contribution in [0.5, 0.6) is 0 Å². The third kappa shape index (κ3) is 5.37. The summed E-state index contributed by atoms with van der Waals surface area (Å²) in [5.74, 6) is 1.57. The van der Waals surface area contributed by atoms with E-state index >= 15 is 0 Å². The second-order valence-corrected chi connectivity index (χ2v) is 10.5. The van der Waals surface area contributed by atoms with Crippen LogP contribution in [-0.4, -0.2) is 10.5 Å². The van der Waals surface area contributed by atoms with Crippen LogP contribution in [0, 0.1) is 12.8 Å². The molecule has 6 rings (SSSR count). The molecule has 1 atom stereocenters. The first-order valence-electron chi connectivity index (χ1n) is 12.7. The second kappa shape index (κ2) is 11.0. The maximum Gasteiger partial charge on any atom is 1.00 e. The largest absolute Gasteiger partial charge is 1.00 e. The van der Waals surface area contributed by atoms with Crippen LogP contribution in [0.2, 0.25) is 0 Å². The number of hydrogen-bond acceptors (Lipinski definition) is 4. The fourth-order valence-corrected chi connectivity index (χ4v) is 6.11. The molecule has 2 aliphatic carbocycles. The molecule has 3 aromatic carbocycles. The van der Waals surface area contributed by atoms with E-state index in [-0.39, 0.29) is 35.7 Å². The minimum atomic E-state index is -0.460. The Morgan fingerprint density at radius 1 is 0.973 bits per heavy atom. The van der Waals surface area contributed by atoms with Gasteiger partial charge in [0, 0.05) is 0 Å². The van der Waals surface area contributed by atoms with Crippen molar-refractivity contribution in [3.8, 4) is 21.6 Å². The third-order valence-electron chi connectivity index (χ3n) is 7.28. The van der Waals surface area contributed by atoms with Crippen LogP contribution < -0.4 is 34.9 Å². The molecule has 37 heavy (non-hydrogen) atoms. The maximum absolute atomic E-state index is 12.8. The molecule has 0 bridgehead atoms. The van der Waals surface area contributed by atoms with E-state index < -0.39 is 6.09 Å². The first-order valence-corrected chi connectivity index (χ1v) is 13.5. The summed E-state index contributed by atoms with van der Waals surface area (Å²) >= 11 is 1.44. The minimum absolute atomic E-state index is 0. The van der Waals surface area contributed by atoms with Gasteiger partial charge in [0.1, 0.15) is 6.10 Å². The summed E-state index contributed by atoms with van der Waals surface area (Å²) in [6.07, 6.45) is 4.95. The Bertz CT molecular complexity index is 1410. The summed E-state index contributed by atoms with van der Waals surface area (Å²) in [6.45, 7) is 3.82. The van der Waals surface area contributed by atoms with E-state index in [1.165, 1.54) is 57.8 Å². The van der Waals surface area contributed by atoms with Crippen molar-refractivity contribution in [2.24, 2.45) is 0 Å². The summed E-state index contributed by atoms with van der Waals surface area (Å²) in [5, 5.41) is 3.00. The van der Waals surface area contributed by atoms with Crippen LogP contribution in [0.15, 0.2) is 66.7 Å². The molecule has 1 amide bonds. The number of aromatic nitrogens is 1. The summed E-state index contributed by atoms with van der Waals surface area (Å²) in [6, 6.07) is 23.3. The van der Waals surface area contributed by atoms with E-state index in [2.05, 4.69) is 46.1 Å². The number of ether oxygens (including phenoxy) is 1. The number of carbonyl (C=O) groups is 1. The van der Waals surface area contributed by atoms with Gasteiger partial charge in [-0.1, -0.05) is 55.3 Å². The van der Waals surface area contributed by atoms with Crippen molar-refractivity contribution in [1.82, 2.24) is 4.37 Å². The van der Waals surface area contributed by atoms with Gasteiger partial charge in [-0.3, -0.25) is 5.32 Å². The zero-order valence-corrected chi connectivity index (χ0v) is 24.5. The SMILES string of the molecule is Cc1nsc(-c2ccc(-c3ccc([C-]4CC4)cc3)c3c2CCC3)c1NC(=O)O[C@H](C)c1ccccc1.[Na+]. The van der Waals surface area contributed by atoms with Crippen molar-refractivity contribution in [3.63, 3.8) is 0 Å². The van der Waals surface area contributed by atoms with E-state index in [0.717, 1.165) is 41.1 Å². The molecule has 0 unspecified atom stereocenters. The van der Waals surface area contributed by atoms with Gasteiger partial charge in [-0.25, -0.2) is 4.79 Å². The Hall–Kier alpha value is -2.57. The first-order chi connectivity index (χ1) is 17.6. The van der Waals surface area contributed by atoms with Crippen molar-refractivity contribution in [3.05, 3.63) is 101 Å². The van der Waals surface area contributed by atoms with Gasteiger partial charge in [-0.2, -0.15) is 28.0 Å². The molecule has 0 saturated heterocycles. The Kier molecular flexibility index (Phi) is 7.77. The molecule has 0 spiro atoms. The van der Waals surface area contributed by atoms with Crippen LogP contribution in [0.1, 0.15) is 60.2 Å². The summed E-state index contributed by atoms with van der Waals surface area (Å²) in [5.41, 5.74) is 10.5. The zero-order valence-electron chi connectivity index (χ0n) is 21.6. The molecule has 4 aromatic rings. The van der Waals surface area contributed by atoms with Crippen LogP contribution in [0.25, 0.3) is 21.6 Å². The van der Waals surface area contributed by atoms with Crippen molar-refractivity contribution in [2.45, 2.75) is 52.1 Å². The molecule has 0 radical (unpaired) electrons. The number of aryl methyl sites for hydroxylation is 1. The average molecular weight is 517 g/mol. The summed E-state index contributed by atoms with van der Waals surface area (Å²) in [7, 11) is 0. The molecular formula is C31H29N2NaO2S. The number of carbonyl (C=O) groups excluding carboxylic acids is 1. The molecule has 182 valence electrons. The Morgan fingerprint density at radius 3 is 2.35 bits per heavy atom. The van der Waals surface area contributed by atoms with Gasteiger partial charge in [0.2, 0.25) is 0 Å². The molecule has 1 fully saturated rings. The molecule has 1 heterocycles. The molecule has 2 aliphatic rings. The van der Waals surface area contributed by atoms with Gasteiger partial charge < -0.3 is 4.74 Å². The summed E-state index contributed by atoms with van der Waals surface area (Å²) in [4.78, 5) is 13.8. The molecule has 1 N–H and O–H groups in total. The van der Waals surface area contributed by atoms with E-state index in [4.69, 9.17) is 4.74 Å². The van der Waals surface area contributed by atoms with Crippen LogP contribution >= 0.6 is 11.5 Å². The van der Waals surface area contributed by atoms with Crippen molar-refractivity contribution in [1.29, 1.82) is 0 Å². The van der Waals surface area contributed by atoms with Crippen LogP contribution in [0.3, 0.4) is 0 Å². The fourth-order valence-electron chi connectivity index (χ4n) is 5.21.